The van der Waals surface area contributed by atoms with Crippen molar-refractivity contribution in [3.8, 4) is 0 Å². The molecule has 0 spiro atoms. The lowest BCUT2D eigenvalue weighted by Gasteiger charge is -2.07. The molecule has 0 heterocycles. The summed E-state index contributed by atoms with van der Waals surface area (Å²) in [4.78, 5) is 10.1. The van der Waals surface area contributed by atoms with E-state index in [4.69, 9.17) is 11.5 Å². The number of rotatable bonds is 3. The van der Waals surface area contributed by atoms with Gasteiger partial charge in [0.2, 0.25) is 0 Å². The van der Waals surface area contributed by atoms with Gasteiger partial charge in [0.15, 0.2) is 0 Å². The van der Waals surface area contributed by atoms with Gasteiger partial charge in [0.1, 0.15) is 0 Å². The van der Waals surface area contributed by atoms with E-state index >= 15 is 0 Å². The van der Waals surface area contributed by atoms with Crippen molar-refractivity contribution in [2.45, 2.75) is 6.04 Å². The topological polar surface area (TPSA) is 95.2 Å². The van der Waals surface area contributed by atoms with E-state index in [2.05, 4.69) is 6.58 Å². The van der Waals surface area contributed by atoms with Crippen LogP contribution in [0.3, 0.4) is 0 Å². The minimum absolute atomic E-state index is 0.0356. The number of nitrogens with two attached hydrogens (primary N) is 2. The summed E-state index contributed by atoms with van der Waals surface area (Å²) in [5.74, 6) is 0. The van der Waals surface area contributed by atoms with Crippen LogP contribution in [0.15, 0.2) is 30.9 Å². The maximum absolute atomic E-state index is 10.6. The lowest BCUT2D eigenvalue weighted by atomic mass is 10.0. The number of hydrogen-bond donors (Lipinski definition) is 2. The van der Waals surface area contributed by atoms with Crippen molar-refractivity contribution in [2.24, 2.45) is 5.73 Å². The Labute approximate surface area is 81.2 Å². The molecule has 0 aliphatic carbocycles. The monoisotopic (exact) mass is 193 g/mol. The van der Waals surface area contributed by atoms with Gasteiger partial charge in [-0.3, -0.25) is 10.1 Å². The predicted molar refractivity (Wildman–Crippen MR) is 54.6 cm³/mol. The van der Waals surface area contributed by atoms with Gasteiger partial charge in [0.05, 0.1) is 16.5 Å². The fourth-order valence-electron chi connectivity index (χ4n) is 1.13. The van der Waals surface area contributed by atoms with Crippen molar-refractivity contribution in [2.75, 3.05) is 5.73 Å². The van der Waals surface area contributed by atoms with Crippen LogP contribution in [-0.4, -0.2) is 4.92 Å². The molecule has 1 rings (SSSR count). The van der Waals surface area contributed by atoms with Gasteiger partial charge in [-0.05, 0) is 12.1 Å². The lowest BCUT2D eigenvalue weighted by Crippen LogP contribution is -2.09. The highest BCUT2D eigenvalue weighted by atomic mass is 16.6. The summed E-state index contributed by atoms with van der Waals surface area (Å²) in [5.41, 5.74) is 11.9. The van der Waals surface area contributed by atoms with Gasteiger partial charge in [0, 0.05) is 11.8 Å². The van der Waals surface area contributed by atoms with Crippen LogP contribution in [0.2, 0.25) is 0 Å². The highest BCUT2D eigenvalue weighted by Gasteiger charge is 2.17. The van der Waals surface area contributed by atoms with Gasteiger partial charge in [-0.15, -0.1) is 6.58 Å². The van der Waals surface area contributed by atoms with E-state index in [0.29, 0.717) is 11.3 Å². The first-order valence-corrected chi connectivity index (χ1v) is 3.98. The zero-order valence-electron chi connectivity index (χ0n) is 7.51. The molecule has 5 nitrogen and oxygen atoms in total. The Bertz CT molecular complexity index is 376. The Morgan fingerprint density at radius 2 is 2.21 bits per heavy atom. The van der Waals surface area contributed by atoms with Crippen LogP contribution in [0.25, 0.3) is 0 Å². The highest BCUT2D eigenvalue weighted by molar-refractivity contribution is 5.53. The molecule has 1 aromatic carbocycles. The third-order valence-corrected chi connectivity index (χ3v) is 1.86. The van der Waals surface area contributed by atoms with Crippen LogP contribution in [0, 0.1) is 10.1 Å². The van der Waals surface area contributed by atoms with Gasteiger partial charge in [0.25, 0.3) is 5.69 Å². The summed E-state index contributed by atoms with van der Waals surface area (Å²) in [6.45, 7) is 3.48. The van der Waals surface area contributed by atoms with Crippen LogP contribution in [0.5, 0.6) is 0 Å². The molecule has 1 atom stereocenters. The first-order chi connectivity index (χ1) is 6.56. The first kappa shape index (κ1) is 10.2. The average Bonchev–Trinajstić information content (AvgIpc) is 2.16. The first-order valence-electron chi connectivity index (χ1n) is 3.98. The van der Waals surface area contributed by atoms with E-state index in [1.165, 1.54) is 24.3 Å². The number of benzene rings is 1. The van der Waals surface area contributed by atoms with E-state index in [0.717, 1.165) is 0 Å². The average molecular weight is 193 g/mol. The molecule has 0 aliphatic heterocycles. The van der Waals surface area contributed by atoms with Gasteiger partial charge < -0.3 is 11.5 Å². The number of hydrogen-bond acceptors (Lipinski definition) is 4. The summed E-state index contributed by atoms with van der Waals surface area (Å²) in [5, 5.41) is 10.6. The quantitative estimate of drug-likeness (QED) is 0.328. The van der Waals surface area contributed by atoms with Crippen molar-refractivity contribution < 1.29 is 4.92 Å². The van der Waals surface area contributed by atoms with Crippen molar-refractivity contribution in [1.82, 2.24) is 0 Å². The normalized spacial score (nSPS) is 12.1. The zero-order chi connectivity index (χ0) is 10.7. The molecular formula is C9H11N3O2. The van der Waals surface area contributed by atoms with Crippen LogP contribution < -0.4 is 11.5 Å². The van der Waals surface area contributed by atoms with Crippen molar-refractivity contribution >= 4 is 11.4 Å². The standard InChI is InChI=1S/C9H11N3O2/c1-2-8(11)7-5-6(10)3-4-9(7)12(13)14/h2-5,8H,1,10-11H2/t8-/m1/s1. The van der Waals surface area contributed by atoms with Crippen molar-refractivity contribution in [1.29, 1.82) is 0 Å². The predicted octanol–water partition coefficient (Wildman–Crippen LogP) is 1.36. The van der Waals surface area contributed by atoms with E-state index in [9.17, 15) is 10.1 Å². The number of anilines is 1. The van der Waals surface area contributed by atoms with E-state index < -0.39 is 11.0 Å². The largest absolute Gasteiger partial charge is 0.399 e. The van der Waals surface area contributed by atoms with Gasteiger partial charge in [-0.1, -0.05) is 6.08 Å². The Morgan fingerprint density at radius 1 is 1.57 bits per heavy atom. The zero-order valence-corrected chi connectivity index (χ0v) is 7.51. The van der Waals surface area contributed by atoms with E-state index in [-0.39, 0.29) is 5.69 Å². The maximum Gasteiger partial charge on any atom is 0.274 e. The number of nitro groups is 1. The van der Waals surface area contributed by atoms with Crippen LogP contribution >= 0.6 is 0 Å². The van der Waals surface area contributed by atoms with Crippen LogP contribution in [0.1, 0.15) is 11.6 Å². The fourth-order valence-corrected chi connectivity index (χ4v) is 1.13. The molecule has 0 saturated carbocycles. The minimum Gasteiger partial charge on any atom is -0.399 e. The Kier molecular flexibility index (Phi) is 2.83. The van der Waals surface area contributed by atoms with Crippen molar-refractivity contribution in [3.05, 3.63) is 46.5 Å². The van der Waals surface area contributed by atoms with Gasteiger partial charge >= 0.3 is 0 Å². The third-order valence-electron chi connectivity index (χ3n) is 1.86. The second kappa shape index (κ2) is 3.89. The van der Waals surface area contributed by atoms with Gasteiger partial charge in [-0.2, -0.15) is 0 Å². The Hall–Kier alpha value is -1.88. The van der Waals surface area contributed by atoms with E-state index in [1.807, 2.05) is 0 Å². The Balaban J connectivity index is 3.29. The second-order valence-corrected chi connectivity index (χ2v) is 2.84. The fraction of sp³-hybridized carbons (Fsp3) is 0.111. The molecule has 0 saturated heterocycles. The molecule has 0 radical (unpaired) electrons. The second-order valence-electron chi connectivity index (χ2n) is 2.84. The minimum atomic E-state index is -0.570. The Morgan fingerprint density at radius 3 is 2.71 bits per heavy atom. The number of nitro benzene ring substituents is 1. The van der Waals surface area contributed by atoms with E-state index in [1.54, 1.807) is 0 Å². The number of nitrogen functional groups attached to an aromatic ring is 1. The smallest absolute Gasteiger partial charge is 0.274 e. The summed E-state index contributed by atoms with van der Waals surface area (Å²) in [6.07, 6.45) is 1.43. The molecule has 74 valence electrons. The van der Waals surface area contributed by atoms with Gasteiger partial charge in [-0.25, -0.2) is 0 Å². The molecule has 14 heavy (non-hydrogen) atoms. The molecular weight excluding hydrogens is 182 g/mol. The third kappa shape index (κ3) is 1.89. The molecule has 0 bridgehead atoms. The maximum atomic E-state index is 10.6. The molecule has 0 aromatic heterocycles. The highest BCUT2D eigenvalue weighted by Crippen LogP contribution is 2.26. The summed E-state index contributed by atoms with van der Waals surface area (Å²) >= 11 is 0. The lowest BCUT2D eigenvalue weighted by molar-refractivity contribution is -0.385. The SMILES string of the molecule is C=C[C@@H](N)c1cc(N)ccc1[N+](=O)[O-]. The molecule has 4 N–H and O–H groups in total. The molecule has 0 aliphatic rings. The summed E-state index contributed by atoms with van der Waals surface area (Å²) in [6, 6.07) is 3.73. The van der Waals surface area contributed by atoms with Crippen molar-refractivity contribution in [3.63, 3.8) is 0 Å². The molecule has 5 heteroatoms. The molecule has 0 amide bonds. The molecule has 0 fully saturated rings. The summed E-state index contributed by atoms with van der Waals surface area (Å²) < 4.78 is 0. The molecule has 1 aromatic rings. The molecule has 0 unspecified atom stereocenters. The number of nitrogens with zero attached hydrogens (tertiary/aromatic N) is 1. The van der Waals surface area contributed by atoms with Crippen LogP contribution in [0.4, 0.5) is 11.4 Å². The van der Waals surface area contributed by atoms with Crippen LogP contribution in [-0.2, 0) is 0 Å². The summed E-state index contributed by atoms with van der Waals surface area (Å²) in [7, 11) is 0.